The molecule has 0 saturated carbocycles. The zero-order chi connectivity index (χ0) is 16.7. The van der Waals surface area contributed by atoms with Crippen molar-refractivity contribution in [2.75, 3.05) is 6.54 Å². The van der Waals surface area contributed by atoms with Crippen LogP contribution in [0, 0.1) is 17.0 Å². The Balaban J connectivity index is 2.36. The summed E-state index contributed by atoms with van der Waals surface area (Å²) in [5.74, 6) is -1.41. The molecular formula is C16H21F2NO3. The smallest absolute Gasteiger partial charge is 0.407 e. The van der Waals surface area contributed by atoms with Gasteiger partial charge in [-0.25, -0.2) is 13.6 Å². The molecule has 2 unspecified atom stereocenters. The highest BCUT2D eigenvalue weighted by molar-refractivity contribution is 5.66. The molecule has 2 N–H and O–H groups in total. The van der Waals surface area contributed by atoms with E-state index in [9.17, 15) is 23.8 Å². The molecule has 1 fully saturated rings. The Bertz CT molecular complexity index is 585. The number of aliphatic hydroxyl groups is 1. The van der Waals surface area contributed by atoms with Gasteiger partial charge in [0.05, 0.1) is 11.6 Å². The number of hydrogen-bond donors (Lipinski definition) is 2. The molecule has 6 heteroatoms. The van der Waals surface area contributed by atoms with Crippen molar-refractivity contribution in [2.45, 2.75) is 45.3 Å². The Hall–Kier alpha value is -1.69. The molecule has 1 heterocycles. The number of nitrogens with zero attached hydrogens (tertiary/aromatic N) is 1. The van der Waals surface area contributed by atoms with Crippen molar-refractivity contribution in [2.24, 2.45) is 5.41 Å². The minimum Gasteiger partial charge on any atom is -0.465 e. The van der Waals surface area contributed by atoms with E-state index in [1.165, 1.54) is 11.0 Å². The SMILES string of the molecule is CC(C)(C)C1N(C(=O)O)CCC1(O)Cc1ccc(F)cc1F. The lowest BCUT2D eigenvalue weighted by Crippen LogP contribution is -2.54. The van der Waals surface area contributed by atoms with Gasteiger partial charge in [-0.15, -0.1) is 0 Å². The fourth-order valence-electron chi connectivity index (χ4n) is 3.53. The Morgan fingerprint density at radius 2 is 2.05 bits per heavy atom. The molecule has 0 radical (unpaired) electrons. The molecule has 0 aliphatic carbocycles. The minimum atomic E-state index is -1.38. The first-order valence-corrected chi connectivity index (χ1v) is 7.20. The molecule has 2 atom stereocenters. The Morgan fingerprint density at radius 1 is 1.41 bits per heavy atom. The zero-order valence-corrected chi connectivity index (χ0v) is 12.9. The van der Waals surface area contributed by atoms with Gasteiger partial charge < -0.3 is 15.1 Å². The maximum atomic E-state index is 13.9. The van der Waals surface area contributed by atoms with E-state index in [0.29, 0.717) is 0 Å². The number of halogens is 2. The first kappa shape index (κ1) is 16.7. The second-order valence-corrected chi connectivity index (χ2v) is 7.01. The second-order valence-electron chi connectivity index (χ2n) is 7.01. The summed E-state index contributed by atoms with van der Waals surface area (Å²) in [7, 11) is 0. The van der Waals surface area contributed by atoms with Crippen LogP contribution in [-0.2, 0) is 6.42 Å². The summed E-state index contributed by atoms with van der Waals surface area (Å²) in [6, 6.07) is 2.54. The Morgan fingerprint density at radius 3 is 2.55 bits per heavy atom. The Kier molecular flexibility index (Phi) is 4.17. The third-order valence-corrected chi connectivity index (χ3v) is 4.18. The van der Waals surface area contributed by atoms with Crippen molar-refractivity contribution < 1.29 is 23.8 Å². The van der Waals surface area contributed by atoms with Crippen LogP contribution >= 0.6 is 0 Å². The van der Waals surface area contributed by atoms with Gasteiger partial charge >= 0.3 is 6.09 Å². The van der Waals surface area contributed by atoms with Crippen molar-refractivity contribution >= 4 is 6.09 Å². The van der Waals surface area contributed by atoms with E-state index >= 15 is 0 Å². The molecule has 1 aromatic carbocycles. The summed E-state index contributed by atoms with van der Waals surface area (Å²) >= 11 is 0. The molecule has 4 nitrogen and oxygen atoms in total. The van der Waals surface area contributed by atoms with Crippen LogP contribution in [0.5, 0.6) is 0 Å². The minimum absolute atomic E-state index is 0.0508. The van der Waals surface area contributed by atoms with Gasteiger partial charge in [0.1, 0.15) is 11.6 Å². The highest BCUT2D eigenvalue weighted by atomic mass is 19.1. The van der Waals surface area contributed by atoms with Crippen LogP contribution in [0.3, 0.4) is 0 Å². The summed E-state index contributed by atoms with van der Waals surface area (Å²) < 4.78 is 26.9. The predicted octanol–water partition coefficient (Wildman–Crippen LogP) is 3.04. The summed E-state index contributed by atoms with van der Waals surface area (Å²) in [6.45, 7) is 5.71. The quantitative estimate of drug-likeness (QED) is 0.882. The standard InChI is InChI=1S/C16H21F2NO3/c1-15(2,3)13-16(22,6-7-19(13)14(20)21)9-10-4-5-11(17)8-12(10)18/h4-5,8,13,22H,6-7,9H2,1-3H3,(H,20,21). The molecule has 2 rings (SSSR count). The van der Waals surface area contributed by atoms with Crippen LogP contribution in [0.25, 0.3) is 0 Å². The number of carboxylic acid groups (broad SMARTS) is 1. The van der Waals surface area contributed by atoms with Gasteiger partial charge in [-0.3, -0.25) is 0 Å². The lowest BCUT2D eigenvalue weighted by molar-refractivity contribution is -0.0367. The van der Waals surface area contributed by atoms with Gasteiger partial charge in [-0.2, -0.15) is 0 Å². The lowest BCUT2D eigenvalue weighted by Gasteiger charge is -2.41. The van der Waals surface area contributed by atoms with Crippen LogP contribution in [0.2, 0.25) is 0 Å². The van der Waals surface area contributed by atoms with Crippen molar-refractivity contribution in [3.63, 3.8) is 0 Å². The molecule has 1 aromatic rings. The molecule has 1 amide bonds. The van der Waals surface area contributed by atoms with Crippen molar-refractivity contribution in [1.29, 1.82) is 0 Å². The summed E-state index contributed by atoms with van der Waals surface area (Å²) in [5, 5.41) is 20.3. The molecule has 122 valence electrons. The molecule has 22 heavy (non-hydrogen) atoms. The molecule has 0 bridgehead atoms. The first-order valence-electron chi connectivity index (χ1n) is 7.20. The van der Waals surface area contributed by atoms with E-state index in [-0.39, 0.29) is 24.9 Å². The molecule has 0 aromatic heterocycles. The summed E-state index contributed by atoms with van der Waals surface area (Å²) in [6.07, 6.45) is -0.932. The van der Waals surface area contributed by atoms with Crippen molar-refractivity contribution in [1.82, 2.24) is 4.90 Å². The zero-order valence-electron chi connectivity index (χ0n) is 12.9. The van der Waals surface area contributed by atoms with Gasteiger partial charge in [-0.1, -0.05) is 26.8 Å². The number of hydrogen-bond acceptors (Lipinski definition) is 2. The van der Waals surface area contributed by atoms with Crippen LogP contribution in [-0.4, -0.2) is 39.4 Å². The third kappa shape index (κ3) is 3.06. The number of rotatable bonds is 2. The van der Waals surface area contributed by atoms with Crippen LogP contribution in [0.4, 0.5) is 13.6 Å². The Labute approximate surface area is 128 Å². The maximum absolute atomic E-state index is 13.9. The molecule has 0 spiro atoms. The largest absolute Gasteiger partial charge is 0.465 e. The topological polar surface area (TPSA) is 60.8 Å². The third-order valence-electron chi connectivity index (χ3n) is 4.18. The second kappa shape index (κ2) is 5.50. The highest BCUT2D eigenvalue weighted by Crippen LogP contribution is 2.41. The van der Waals surface area contributed by atoms with Gasteiger partial charge in [0.15, 0.2) is 0 Å². The van der Waals surface area contributed by atoms with E-state index in [2.05, 4.69) is 0 Å². The molecule has 1 aliphatic heterocycles. The van der Waals surface area contributed by atoms with Gasteiger partial charge in [0.25, 0.3) is 0 Å². The number of carbonyl (C=O) groups is 1. The summed E-state index contributed by atoms with van der Waals surface area (Å²) in [5.41, 5.74) is -1.71. The normalized spacial score (nSPS) is 25.5. The van der Waals surface area contributed by atoms with Crippen LogP contribution in [0.1, 0.15) is 32.8 Å². The molecule has 1 saturated heterocycles. The van der Waals surface area contributed by atoms with Crippen molar-refractivity contribution in [3.05, 3.63) is 35.4 Å². The monoisotopic (exact) mass is 313 g/mol. The van der Waals surface area contributed by atoms with E-state index in [1.807, 2.05) is 20.8 Å². The molecule has 1 aliphatic rings. The molecular weight excluding hydrogens is 292 g/mol. The fraction of sp³-hybridized carbons (Fsp3) is 0.562. The lowest BCUT2D eigenvalue weighted by atomic mass is 9.74. The number of benzene rings is 1. The van der Waals surface area contributed by atoms with E-state index in [0.717, 1.165) is 12.1 Å². The number of amides is 1. The van der Waals surface area contributed by atoms with Gasteiger partial charge in [0, 0.05) is 19.0 Å². The highest BCUT2D eigenvalue weighted by Gasteiger charge is 2.53. The summed E-state index contributed by atoms with van der Waals surface area (Å²) in [4.78, 5) is 12.6. The van der Waals surface area contributed by atoms with E-state index < -0.39 is 34.8 Å². The fourth-order valence-corrected chi connectivity index (χ4v) is 3.53. The first-order chi connectivity index (χ1) is 10.0. The predicted molar refractivity (Wildman–Crippen MR) is 77.6 cm³/mol. The van der Waals surface area contributed by atoms with E-state index in [4.69, 9.17) is 0 Å². The van der Waals surface area contributed by atoms with E-state index in [1.54, 1.807) is 0 Å². The van der Waals surface area contributed by atoms with Crippen LogP contribution in [0.15, 0.2) is 18.2 Å². The van der Waals surface area contributed by atoms with Gasteiger partial charge in [-0.05, 0) is 23.5 Å². The van der Waals surface area contributed by atoms with Crippen LogP contribution < -0.4 is 0 Å². The number of likely N-dealkylation sites (tertiary alicyclic amines) is 1. The van der Waals surface area contributed by atoms with Gasteiger partial charge in [0.2, 0.25) is 0 Å². The average Bonchev–Trinajstić information content (AvgIpc) is 2.71. The maximum Gasteiger partial charge on any atom is 0.407 e. The average molecular weight is 313 g/mol. The van der Waals surface area contributed by atoms with Crippen molar-refractivity contribution in [3.8, 4) is 0 Å².